The van der Waals surface area contributed by atoms with Crippen LogP contribution >= 0.6 is 0 Å². The Kier molecular flexibility index (Phi) is 5.61. The Bertz CT molecular complexity index is 923. The number of aromatic nitrogens is 4. The Balaban J connectivity index is 1.45. The second kappa shape index (κ2) is 8.02. The molecule has 158 valence electrons. The van der Waals surface area contributed by atoms with Crippen molar-refractivity contribution in [3.63, 3.8) is 0 Å². The van der Waals surface area contributed by atoms with Gasteiger partial charge in [0.25, 0.3) is 0 Å². The van der Waals surface area contributed by atoms with Crippen LogP contribution in [0.2, 0.25) is 0 Å². The van der Waals surface area contributed by atoms with Gasteiger partial charge in [0.1, 0.15) is 11.0 Å². The van der Waals surface area contributed by atoms with Gasteiger partial charge in [0.05, 0.1) is 29.5 Å². The molecule has 0 radical (unpaired) electrons. The van der Waals surface area contributed by atoms with E-state index in [0.29, 0.717) is 35.0 Å². The maximum atomic E-state index is 13.3. The number of ether oxygens (including phenoxy) is 1. The molecule has 2 aromatic heterocycles. The van der Waals surface area contributed by atoms with E-state index in [-0.39, 0.29) is 18.2 Å². The van der Waals surface area contributed by atoms with Crippen molar-refractivity contribution in [3.8, 4) is 5.88 Å². The van der Waals surface area contributed by atoms with Gasteiger partial charge in [-0.05, 0) is 39.5 Å². The first-order valence-corrected chi connectivity index (χ1v) is 11.9. The van der Waals surface area contributed by atoms with Crippen molar-refractivity contribution in [2.75, 3.05) is 0 Å². The first-order chi connectivity index (χ1) is 13.9. The van der Waals surface area contributed by atoms with Gasteiger partial charge in [-0.15, -0.1) is 0 Å². The highest BCUT2D eigenvalue weighted by atomic mass is 32.2. The molecule has 0 aromatic carbocycles. The summed E-state index contributed by atoms with van der Waals surface area (Å²) < 4.78 is 34.5. The molecule has 2 aliphatic rings. The summed E-state index contributed by atoms with van der Waals surface area (Å²) in [5.41, 5.74) is 2.10. The molecule has 0 saturated carbocycles. The standard InChI is InChI=1S/C20H29N5O3S/c1-4-5-6-15-11-22-19(12-21-15)28-18-9-16-7-8-17(10-18)25(16)29(26,27)20-13(2)23-24-14(20)3/h11-12,16-18H,4-10H2,1-3H3,(H,23,24). The van der Waals surface area contributed by atoms with Crippen LogP contribution in [0.3, 0.4) is 0 Å². The third kappa shape index (κ3) is 3.90. The number of rotatable bonds is 7. The third-order valence-electron chi connectivity index (χ3n) is 5.97. The summed E-state index contributed by atoms with van der Waals surface area (Å²) in [5, 5.41) is 6.87. The average Bonchev–Trinajstić information content (AvgIpc) is 3.18. The van der Waals surface area contributed by atoms with Crippen molar-refractivity contribution in [1.82, 2.24) is 24.5 Å². The van der Waals surface area contributed by atoms with Crippen LogP contribution in [0.4, 0.5) is 0 Å². The van der Waals surface area contributed by atoms with Gasteiger partial charge in [-0.3, -0.25) is 10.1 Å². The topological polar surface area (TPSA) is 101 Å². The van der Waals surface area contributed by atoms with E-state index < -0.39 is 10.0 Å². The molecular weight excluding hydrogens is 390 g/mol. The molecule has 1 N–H and O–H groups in total. The van der Waals surface area contributed by atoms with Gasteiger partial charge in [0, 0.05) is 24.9 Å². The molecule has 2 bridgehead atoms. The Hall–Kier alpha value is -2.00. The summed E-state index contributed by atoms with van der Waals surface area (Å²) in [6.45, 7) is 5.64. The summed E-state index contributed by atoms with van der Waals surface area (Å²) in [4.78, 5) is 9.16. The third-order valence-corrected chi connectivity index (χ3v) is 8.24. The molecule has 2 saturated heterocycles. The number of nitrogens with zero attached hydrogens (tertiary/aromatic N) is 4. The molecule has 2 fully saturated rings. The number of piperidine rings is 1. The Morgan fingerprint density at radius 1 is 1.17 bits per heavy atom. The Labute approximate surface area is 172 Å². The number of fused-ring (bicyclic) bond motifs is 2. The second-order valence-electron chi connectivity index (χ2n) is 8.14. The molecule has 8 nitrogen and oxygen atoms in total. The van der Waals surface area contributed by atoms with Gasteiger partial charge in [-0.2, -0.15) is 9.40 Å². The van der Waals surface area contributed by atoms with Crippen molar-refractivity contribution in [2.24, 2.45) is 0 Å². The van der Waals surface area contributed by atoms with Crippen molar-refractivity contribution in [3.05, 3.63) is 29.5 Å². The molecular formula is C20H29N5O3S. The minimum Gasteiger partial charge on any atom is -0.473 e. The van der Waals surface area contributed by atoms with Crippen LogP contribution in [0, 0.1) is 13.8 Å². The smallest absolute Gasteiger partial charge is 0.247 e. The predicted octanol–water partition coefficient (Wildman–Crippen LogP) is 2.92. The number of sulfonamides is 1. The van der Waals surface area contributed by atoms with E-state index in [1.165, 1.54) is 0 Å². The number of hydrogen-bond acceptors (Lipinski definition) is 6. The molecule has 2 atom stereocenters. The highest BCUT2D eigenvalue weighted by molar-refractivity contribution is 7.89. The fourth-order valence-corrected chi connectivity index (χ4v) is 6.89. The second-order valence-corrected chi connectivity index (χ2v) is 9.92. The van der Waals surface area contributed by atoms with Gasteiger partial charge in [-0.1, -0.05) is 13.3 Å². The molecule has 29 heavy (non-hydrogen) atoms. The van der Waals surface area contributed by atoms with E-state index in [9.17, 15) is 8.42 Å². The zero-order chi connectivity index (χ0) is 20.6. The van der Waals surface area contributed by atoms with Crippen molar-refractivity contribution >= 4 is 10.0 Å². The van der Waals surface area contributed by atoms with Crippen LogP contribution in [0.25, 0.3) is 0 Å². The van der Waals surface area contributed by atoms with E-state index in [2.05, 4.69) is 27.1 Å². The Morgan fingerprint density at radius 2 is 1.90 bits per heavy atom. The zero-order valence-electron chi connectivity index (χ0n) is 17.3. The van der Waals surface area contributed by atoms with Crippen LogP contribution in [0.1, 0.15) is 62.5 Å². The molecule has 2 aliphatic heterocycles. The van der Waals surface area contributed by atoms with Gasteiger partial charge in [0.15, 0.2) is 0 Å². The van der Waals surface area contributed by atoms with E-state index in [0.717, 1.165) is 37.8 Å². The first kappa shape index (κ1) is 20.3. The van der Waals surface area contributed by atoms with Crippen molar-refractivity contribution < 1.29 is 13.2 Å². The Morgan fingerprint density at radius 3 is 2.45 bits per heavy atom. The maximum Gasteiger partial charge on any atom is 0.247 e. The lowest BCUT2D eigenvalue weighted by atomic mass is 10.0. The summed E-state index contributed by atoms with van der Waals surface area (Å²) >= 11 is 0. The lowest BCUT2D eigenvalue weighted by Gasteiger charge is -2.37. The molecule has 2 unspecified atom stereocenters. The fourth-order valence-electron chi connectivity index (χ4n) is 4.66. The first-order valence-electron chi connectivity index (χ1n) is 10.4. The van der Waals surface area contributed by atoms with Crippen LogP contribution in [-0.2, 0) is 16.4 Å². The minimum absolute atomic E-state index is 0.0405. The molecule has 0 amide bonds. The monoisotopic (exact) mass is 419 g/mol. The predicted molar refractivity (Wildman–Crippen MR) is 108 cm³/mol. The maximum absolute atomic E-state index is 13.3. The highest BCUT2D eigenvalue weighted by Crippen LogP contribution is 2.41. The zero-order valence-corrected chi connectivity index (χ0v) is 18.1. The van der Waals surface area contributed by atoms with Gasteiger partial charge >= 0.3 is 0 Å². The number of nitrogens with one attached hydrogen (secondary N) is 1. The van der Waals surface area contributed by atoms with E-state index >= 15 is 0 Å². The van der Waals surface area contributed by atoms with E-state index in [1.807, 2.05) is 0 Å². The van der Waals surface area contributed by atoms with Crippen LogP contribution < -0.4 is 4.74 Å². The van der Waals surface area contributed by atoms with Gasteiger partial charge in [-0.25, -0.2) is 13.4 Å². The summed E-state index contributed by atoms with van der Waals surface area (Å²) in [7, 11) is -3.57. The molecule has 9 heteroatoms. The minimum atomic E-state index is -3.57. The summed E-state index contributed by atoms with van der Waals surface area (Å²) in [6.07, 6.45) is 9.65. The van der Waals surface area contributed by atoms with E-state index in [4.69, 9.17) is 4.74 Å². The number of aromatic amines is 1. The molecule has 4 heterocycles. The van der Waals surface area contributed by atoms with Crippen molar-refractivity contribution in [2.45, 2.75) is 88.8 Å². The van der Waals surface area contributed by atoms with Gasteiger partial charge < -0.3 is 4.74 Å². The normalized spacial score (nSPS) is 24.7. The number of unbranched alkanes of at least 4 members (excludes halogenated alkanes) is 1. The molecule has 2 aromatic rings. The largest absolute Gasteiger partial charge is 0.473 e. The van der Waals surface area contributed by atoms with Crippen LogP contribution in [0.15, 0.2) is 17.3 Å². The van der Waals surface area contributed by atoms with Gasteiger partial charge in [0.2, 0.25) is 15.9 Å². The number of H-pyrrole nitrogens is 1. The highest BCUT2D eigenvalue weighted by Gasteiger charge is 2.49. The fraction of sp³-hybridized carbons (Fsp3) is 0.650. The SMILES string of the molecule is CCCCc1cnc(OC2CC3CCC(C2)N3S(=O)(=O)c2c(C)n[nH]c2C)cn1. The molecule has 4 rings (SSSR count). The van der Waals surface area contributed by atoms with Crippen LogP contribution in [0.5, 0.6) is 5.88 Å². The lowest BCUT2D eigenvalue weighted by Crippen LogP contribution is -2.49. The lowest BCUT2D eigenvalue weighted by molar-refractivity contribution is 0.0913. The van der Waals surface area contributed by atoms with Crippen molar-refractivity contribution in [1.29, 1.82) is 0 Å². The van der Waals surface area contributed by atoms with Crippen LogP contribution in [-0.4, -0.2) is 51.1 Å². The quantitative estimate of drug-likeness (QED) is 0.740. The molecule has 0 aliphatic carbocycles. The summed E-state index contributed by atoms with van der Waals surface area (Å²) in [6, 6.07) is -0.0940. The van der Waals surface area contributed by atoms with E-state index in [1.54, 1.807) is 30.5 Å². The number of aryl methyl sites for hydroxylation is 3. The molecule has 0 spiro atoms. The average molecular weight is 420 g/mol. The summed E-state index contributed by atoms with van der Waals surface area (Å²) in [5.74, 6) is 0.521. The number of hydrogen-bond donors (Lipinski definition) is 1.